The van der Waals surface area contributed by atoms with E-state index in [-0.39, 0.29) is 29.2 Å². The number of nitrogens with zero attached hydrogens (tertiary/aromatic N) is 2. The van der Waals surface area contributed by atoms with Crippen LogP contribution in [0.3, 0.4) is 0 Å². The van der Waals surface area contributed by atoms with Crippen molar-refractivity contribution >= 4 is 22.7 Å². The van der Waals surface area contributed by atoms with Crippen molar-refractivity contribution in [1.82, 2.24) is 9.88 Å². The van der Waals surface area contributed by atoms with Gasteiger partial charge in [-0.1, -0.05) is 0 Å². The summed E-state index contributed by atoms with van der Waals surface area (Å²) in [6.45, 7) is 5.30. The Morgan fingerprint density at radius 1 is 1.46 bits per heavy atom. The van der Waals surface area contributed by atoms with Crippen LogP contribution in [-0.2, 0) is 6.54 Å². The molecule has 1 aliphatic rings. The van der Waals surface area contributed by atoms with E-state index in [9.17, 15) is 14.0 Å². The number of piperazine rings is 1. The van der Waals surface area contributed by atoms with Crippen LogP contribution in [0.5, 0.6) is 5.75 Å². The molecule has 0 aliphatic carbocycles. The first-order chi connectivity index (χ1) is 12.3. The number of ether oxygens (including phenoxy) is 1. The summed E-state index contributed by atoms with van der Waals surface area (Å²) in [5.74, 6) is -2.19. The average molecular weight is 367 g/mol. The highest BCUT2D eigenvalue weighted by molar-refractivity contribution is 5.85. The molecule has 7 nitrogen and oxygen atoms in total. The Morgan fingerprint density at radius 3 is 2.81 bits per heavy atom. The zero-order chi connectivity index (χ0) is 19.0. The summed E-state index contributed by atoms with van der Waals surface area (Å²) in [6.07, 6.45) is -0.541. The maximum absolute atomic E-state index is 15.2. The highest BCUT2D eigenvalue weighted by atomic mass is 19.1. The summed E-state index contributed by atoms with van der Waals surface area (Å²) in [7, 11) is 0. The molecule has 0 bridgehead atoms. The molecule has 9 heteroatoms. The van der Waals surface area contributed by atoms with Crippen LogP contribution in [0.1, 0.15) is 13.8 Å². The van der Waals surface area contributed by atoms with E-state index in [0.717, 1.165) is 12.3 Å². The largest absolute Gasteiger partial charge is 0.511 e. The molecule has 2 N–H and O–H groups in total. The number of pyridine rings is 1. The number of nitrogens with one attached hydrogen (secondary N) is 1. The molecule has 3 rings (SSSR count). The van der Waals surface area contributed by atoms with Gasteiger partial charge in [0, 0.05) is 32.2 Å². The minimum absolute atomic E-state index is 0.0676. The lowest BCUT2D eigenvalue weighted by Crippen LogP contribution is -2.49. The third-order valence-corrected chi connectivity index (χ3v) is 4.42. The second-order valence-corrected chi connectivity index (χ2v) is 6.19. The number of halogens is 2. The molecule has 1 unspecified atom stereocenters. The number of hydrogen-bond acceptors (Lipinski definition) is 5. The molecule has 1 fully saturated rings. The smallest absolute Gasteiger partial charge is 0.449 e. The molecular formula is C17H19F2N3O4. The lowest BCUT2D eigenvalue weighted by atomic mass is 10.1. The van der Waals surface area contributed by atoms with Crippen molar-refractivity contribution < 1.29 is 23.4 Å². The summed E-state index contributed by atoms with van der Waals surface area (Å²) in [6, 6.07) is 1.02. The number of aryl methyl sites for hydroxylation is 1. The molecule has 0 spiro atoms. The fourth-order valence-electron chi connectivity index (χ4n) is 3.29. The van der Waals surface area contributed by atoms with Gasteiger partial charge in [0.05, 0.1) is 17.1 Å². The van der Waals surface area contributed by atoms with Gasteiger partial charge in [-0.3, -0.25) is 4.79 Å². The molecule has 2 aromatic rings. The molecule has 0 amide bonds. The third kappa shape index (κ3) is 3.10. The van der Waals surface area contributed by atoms with E-state index in [1.807, 2.05) is 6.92 Å². The van der Waals surface area contributed by atoms with Crippen LogP contribution >= 0.6 is 0 Å². The van der Waals surface area contributed by atoms with Crippen molar-refractivity contribution in [2.75, 3.05) is 24.5 Å². The number of hydrogen-bond donors (Lipinski definition) is 2. The third-order valence-electron chi connectivity index (χ3n) is 4.42. The number of fused-ring (bicyclic) bond motifs is 1. The minimum Gasteiger partial charge on any atom is -0.449 e. The van der Waals surface area contributed by atoms with E-state index < -0.39 is 29.0 Å². The first-order valence-electron chi connectivity index (χ1n) is 8.27. The number of benzene rings is 1. The van der Waals surface area contributed by atoms with Gasteiger partial charge >= 0.3 is 6.16 Å². The number of rotatable bonds is 3. The van der Waals surface area contributed by atoms with Crippen LogP contribution in [0.2, 0.25) is 0 Å². The zero-order valence-corrected chi connectivity index (χ0v) is 14.4. The van der Waals surface area contributed by atoms with E-state index in [0.29, 0.717) is 19.6 Å². The van der Waals surface area contributed by atoms with E-state index in [2.05, 4.69) is 10.1 Å². The van der Waals surface area contributed by atoms with Gasteiger partial charge in [0.15, 0.2) is 11.6 Å². The van der Waals surface area contributed by atoms with Crippen LogP contribution in [-0.4, -0.2) is 41.5 Å². The van der Waals surface area contributed by atoms with E-state index in [4.69, 9.17) is 5.11 Å². The first-order valence-corrected chi connectivity index (χ1v) is 8.27. The Bertz CT molecular complexity index is 929. The summed E-state index contributed by atoms with van der Waals surface area (Å²) >= 11 is 0. The molecular weight excluding hydrogens is 348 g/mol. The standard InChI is InChI=1S/C17H19F2N3O4/c1-3-21-8-12(26-17(24)25)16(23)10-6-11(18)15(13(19)14(10)21)22-5-4-20-9(2)7-22/h6,8-9,20H,3-5,7H2,1-2H3,(H,24,25). The van der Waals surface area contributed by atoms with Gasteiger partial charge in [-0.25, -0.2) is 13.6 Å². The Morgan fingerprint density at radius 2 is 2.19 bits per heavy atom. The number of carbonyl (C=O) groups is 1. The van der Waals surface area contributed by atoms with Crippen LogP contribution < -0.4 is 20.4 Å². The predicted molar refractivity (Wildman–Crippen MR) is 92.1 cm³/mol. The highest BCUT2D eigenvalue weighted by Crippen LogP contribution is 2.31. The second-order valence-electron chi connectivity index (χ2n) is 6.19. The molecule has 2 heterocycles. The maximum Gasteiger partial charge on any atom is 0.511 e. The van der Waals surface area contributed by atoms with Gasteiger partial charge in [-0.2, -0.15) is 0 Å². The highest BCUT2D eigenvalue weighted by Gasteiger charge is 2.26. The summed E-state index contributed by atoms with van der Waals surface area (Å²) in [5, 5.41) is 11.7. The number of aromatic nitrogens is 1. The van der Waals surface area contributed by atoms with Gasteiger partial charge in [-0.15, -0.1) is 0 Å². The molecule has 1 aromatic carbocycles. The van der Waals surface area contributed by atoms with Gasteiger partial charge in [-0.05, 0) is 19.9 Å². The predicted octanol–water partition coefficient (Wildman–Crippen LogP) is 2.15. The van der Waals surface area contributed by atoms with E-state index in [1.165, 1.54) is 4.57 Å². The molecule has 1 aromatic heterocycles. The van der Waals surface area contributed by atoms with Crippen molar-refractivity contribution in [2.24, 2.45) is 0 Å². The maximum atomic E-state index is 15.2. The van der Waals surface area contributed by atoms with Gasteiger partial charge in [0.1, 0.15) is 11.5 Å². The van der Waals surface area contributed by atoms with Gasteiger partial charge < -0.3 is 24.6 Å². The van der Waals surface area contributed by atoms with Crippen molar-refractivity contribution in [2.45, 2.75) is 26.4 Å². The average Bonchev–Trinajstić information content (AvgIpc) is 2.57. The Labute approximate surface area is 147 Å². The monoisotopic (exact) mass is 367 g/mol. The number of carboxylic acid groups (broad SMARTS) is 1. The number of anilines is 1. The Balaban J connectivity index is 2.25. The molecule has 140 valence electrons. The van der Waals surface area contributed by atoms with E-state index >= 15 is 4.39 Å². The second kappa shape index (κ2) is 6.91. The van der Waals surface area contributed by atoms with Gasteiger partial charge in [0.2, 0.25) is 5.43 Å². The quantitative estimate of drug-likeness (QED) is 0.809. The summed E-state index contributed by atoms with van der Waals surface area (Å²) < 4.78 is 35.7. The molecule has 1 aliphatic heterocycles. The van der Waals surface area contributed by atoms with Crippen LogP contribution in [0, 0.1) is 11.6 Å². The fourth-order valence-corrected chi connectivity index (χ4v) is 3.29. The Hall–Kier alpha value is -2.68. The fraction of sp³-hybridized carbons (Fsp3) is 0.412. The molecule has 26 heavy (non-hydrogen) atoms. The summed E-state index contributed by atoms with van der Waals surface area (Å²) in [5.41, 5.74) is -1.12. The van der Waals surface area contributed by atoms with E-state index in [1.54, 1.807) is 11.8 Å². The minimum atomic E-state index is -1.67. The molecule has 1 atom stereocenters. The van der Waals surface area contributed by atoms with Crippen LogP contribution in [0.4, 0.5) is 19.3 Å². The lowest BCUT2D eigenvalue weighted by Gasteiger charge is -2.34. The van der Waals surface area contributed by atoms with Crippen molar-refractivity contribution in [3.8, 4) is 5.75 Å². The molecule has 0 saturated carbocycles. The van der Waals surface area contributed by atoms with Crippen molar-refractivity contribution in [3.63, 3.8) is 0 Å². The van der Waals surface area contributed by atoms with Crippen LogP contribution in [0.15, 0.2) is 17.1 Å². The molecule has 0 radical (unpaired) electrons. The molecule has 1 saturated heterocycles. The summed E-state index contributed by atoms with van der Waals surface area (Å²) in [4.78, 5) is 24.8. The Kier molecular flexibility index (Phi) is 4.82. The topological polar surface area (TPSA) is 83.8 Å². The van der Waals surface area contributed by atoms with Gasteiger partial charge in [0.25, 0.3) is 0 Å². The van der Waals surface area contributed by atoms with Crippen molar-refractivity contribution in [3.05, 3.63) is 34.1 Å². The lowest BCUT2D eigenvalue weighted by molar-refractivity contribution is 0.144. The first kappa shape index (κ1) is 18.1. The van der Waals surface area contributed by atoms with Crippen molar-refractivity contribution in [1.29, 1.82) is 0 Å². The normalized spacial score (nSPS) is 17.5. The van der Waals surface area contributed by atoms with Crippen LogP contribution in [0.25, 0.3) is 10.9 Å². The SMILES string of the molecule is CCn1cc(OC(=O)O)c(=O)c2cc(F)c(N3CCNC(C)C3)c(F)c21. The zero-order valence-electron chi connectivity index (χ0n) is 14.4.